The fraction of sp³-hybridized carbons (Fsp3) is 0.467. The smallest absolute Gasteiger partial charge is 0.233 e. The van der Waals surface area contributed by atoms with Crippen LogP contribution in [-0.4, -0.2) is 69.4 Å². The molecule has 1 aromatic heterocycles. The third-order valence-electron chi connectivity index (χ3n) is 3.34. The minimum atomic E-state index is -0.284. The first kappa shape index (κ1) is 18.3. The van der Waals surface area contributed by atoms with Gasteiger partial charge in [0.25, 0.3) is 0 Å². The van der Waals surface area contributed by atoms with Crippen molar-refractivity contribution in [3.63, 3.8) is 0 Å². The number of hydrogen-bond donors (Lipinski definition) is 0. The van der Waals surface area contributed by atoms with Crippen LogP contribution in [0.3, 0.4) is 0 Å². The van der Waals surface area contributed by atoms with Crippen LogP contribution in [-0.2, 0) is 17.9 Å². The van der Waals surface area contributed by atoms with E-state index in [0.29, 0.717) is 18.2 Å². The Balaban J connectivity index is 1.84. The summed E-state index contributed by atoms with van der Waals surface area (Å²) < 4.78 is 14.6. The highest BCUT2D eigenvalue weighted by Gasteiger charge is 2.13. The molecule has 130 valence electrons. The molecule has 0 saturated heterocycles. The molecule has 0 radical (unpaired) electrons. The number of carbonyl (C=O) groups is 1. The maximum Gasteiger partial charge on any atom is 0.233 e. The normalized spacial score (nSPS) is 11.0. The fourth-order valence-corrected chi connectivity index (χ4v) is 2.77. The summed E-state index contributed by atoms with van der Waals surface area (Å²) in [6.07, 6.45) is 0. The van der Waals surface area contributed by atoms with Gasteiger partial charge < -0.3 is 9.80 Å². The van der Waals surface area contributed by atoms with E-state index in [0.717, 1.165) is 12.1 Å². The van der Waals surface area contributed by atoms with Gasteiger partial charge in [-0.2, -0.15) is 0 Å². The van der Waals surface area contributed by atoms with Crippen molar-refractivity contribution < 1.29 is 9.18 Å². The number of tetrazole rings is 1. The Labute approximate surface area is 144 Å². The lowest BCUT2D eigenvalue weighted by atomic mass is 10.2. The van der Waals surface area contributed by atoms with E-state index in [2.05, 4.69) is 15.5 Å². The molecule has 24 heavy (non-hydrogen) atoms. The first-order chi connectivity index (χ1) is 11.5. The van der Waals surface area contributed by atoms with Gasteiger partial charge in [-0.1, -0.05) is 23.9 Å². The second-order valence-corrected chi connectivity index (χ2v) is 6.60. The SMILES string of the molecule is CN(C)CCn1nnnc1SCC(=O)N(C)Cc1ccc(F)cc1. The Hall–Kier alpha value is -2.00. The molecule has 0 bridgehead atoms. The van der Waals surface area contributed by atoms with Gasteiger partial charge in [-0.3, -0.25) is 4.79 Å². The quantitative estimate of drug-likeness (QED) is 0.664. The number of benzene rings is 1. The van der Waals surface area contributed by atoms with Gasteiger partial charge in [0.2, 0.25) is 11.1 Å². The van der Waals surface area contributed by atoms with Gasteiger partial charge in [0.1, 0.15) is 5.82 Å². The lowest BCUT2D eigenvalue weighted by molar-refractivity contribution is -0.127. The van der Waals surface area contributed by atoms with Crippen LogP contribution in [0.2, 0.25) is 0 Å². The number of likely N-dealkylation sites (N-methyl/N-ethyl adjacent to an activating group) is 1. The first-order valence-corrected chi connectivity index (χ1v) is 8.46. The fourth-order valence-electron chi connectivity index (χ4n) is 1.92. The lowest BCUT2D eigenvalue weighted by Crippen LogP contribution is -2.28. The number of nitrogens with zero attached hydrogens (tertiary/aromatic N) is 6. The summed E-state index contributed by atoms with van der Waals surface area (Å²) in [5.74, 6) is -0.0700. The van der Waals surface area contributed by atoms with Gasteiger partial charge in [-0.25, -0.2) is 9.07 Å². The molecule has 0 saturated carbocycles. The molecule has 0 aliphatic rings. The second kappa shape index (κ2) is 8.74. The number of halogens is 1. The van der Waals surface area contributed by atoms with Gasteiger partial charge in [0.15, 0.2) is 0 Å². The van der Waals surface area contributed by atoms with E-state index in [9.17, 15) is 9.18 Å². The summed E-state index contributed by atoms with van der Waals surface area (Å²) in [7, 11) is 5.68. The summed E-state index contributed by atoms with van der Waals surface area (Å²) in [6, 6.07) is 6.13. The number of thioether (sulfide) groups is 1. The highest BCUT2D eigenvalue weighted by molar-refractivity contribution is 7.99. The molecule has 0 aliphatic carbocycles. The van der Waals surface area contributed by atoms with Crippen molar-refractivity contribution in [1.29, 1.82) is 0 Å². The van der Waals surface area contributed by atoms with Crippen molar-refractivity contribution in [3.05, 3.63) is 35.6 Å². The summed E-state index contributed by atoms with van der Waals surface area (Å²) in [4.78, 5) is 15.9. The van der Waals surface area contributed by atoms with Gasteiger partial charge >= 0.3 is 0 Å². The van der Waals surface area contributed by atoms with Crippen LogP contribution >= 0.6 is 11.8 Å². The zero-order chi connectivity index (χ0) is 17.5. The van der Waals surface area contributed by atoms with Crippen LogP contribution in [0.4, 0.5) is 4.39 Å². The average Bonchev–Trinajstić information content (AvgIpc) is 3.00. The highest BCUT2D eigenvalue weighted by atomic mass is 32.2. The second-order valence-electron chi connectivity index (χ2n) is 5.65. The molecule has 0 atom stereocenters. The lowest BCUT2D eigenvalue weighted by Gasteiger charge is -2.17. The Kier molecular flexibility index (Phi) is 6.68. The van der Waals surface area contributed by atoms with E-state index in [4.69, 9.17) is 0 Å². The van der Waals surface area contributed by atoms with Crippen molar-refractivity contribution in [2.75, 3.05) is 33.4 Å². The summed E-state index contributed by atoms with van der Waals surface area (Å²) >= 11 is 1.31. The molecule has 0 aliphatic heterocycles. The standard InChI is InChI=1S/C15H21FN6OS/c1-20(2)8-9-22-15(17-18-19-22)24-11-14(23)21(3)10-12-4-6-13(16)7-5-12/h4-7H,8-11H2,1-3H3. The molecular formula is C15H21FN6OS. The minimum absolute atomic E-state index is 0.0357. The molecule has 1 amide bonds. The van der Waals surface area contributed by atoms with Gasteiger partial charge in [-0.15, -0.1) is 5.10 Å². The van der Waals surface area contributed by atoms with Crippen molar-refractivity contribution >= 4 is 17.7 Å². The Morgan fingerprint density at radius 3 is 2.62 bits per heavy atom. The van der Waals surface area contributed by atoms with Gasteiger partial charge in [0.05, 0.1) is 12.3 Å². The van der Waals surface area contributed by atoms with E-state index in [1.165, 1.54) is 23.9 Å². The Morgan fingerprint density at radius 1 is 1.25 bits per heavy atom. The van der Waals surface area contributed by atoms with E-state index in [1.54, 1.807) is 28.8 Å². The molecule has 0 fully saturated rings. The molecule has 9 heteroatoms. The molecule has 1 heterocycles. The number of carbonyl (C=O) groups excluding carboxylic acids is 1. The Bertz CT molecular complexity index is 660. The monoisotopic (exact) mass is 352 g/mol. The largest absolute Gasteiger partial charge is 0.341 e. The zero-order valence-corrected chi connectivity index (χ0v) is 14.8. The topological polar surface area (TPSA) is 67.2 Å². The molecule has 7 nitrogen and oxygen atoms in total. The Morgan fingerprint density at radius 2 is 1.96 bits per heavy atom. The van der Waals surface area contributed by atoms with Gasteiger partial charge in [0, 0.05) is 20.1 Å². The predicted octanol–water partition coefficient (Wildman–Crippen LogP) is 1.12. The number of hydrogen-bond acceptors (Lipinski definition) is 6. The molecule has 2 rings (SSSR count). The van der Waals surface area contributed by atoms with Crippen LogP contribution in [0.15, 0.2) is 29.4 Å². The molecular weight excluding hydrogens is 331 g/mol. The summed E-state index contributed by atoms with van der Waals surface area (Å²) in [5, 5.41) is 12.2. The maximum atomic E-state index is 12.9. The zero-order valence-electron chi connectivity index (χ0n) is 14.0. The number of aromatic nitrogens is 4. The van der Waals surface area contributed by atoms with E-state index in [1.807, 2.05) is 19.0 Å². The first-order valence-electron chi connectivity index (χ1n) is 7.48. The maximum absolute atomic E-state index is 12.9. The van der Waals surface area contributed by atoms with Crippen molar-refractivity contribution in [3.8, 4) is 0 Å². The molecule has 0 unspecified atom stereocenters. The third kappa shape index (κ3) is 5.57. The van der Waals surface area contributed by atoms with Crippen molar-refractivity contribution in [2.45, 2.75) is 18.2 Å². The predicted molar refractivity (Wildman–Crippen MR) is 90.0 cm³/mol. The minimum Gasteiger partial charge on any atom is -0.341 e. The average molecular weight is 352 g/mol. The molecule has 0 N–H and O–H groups in total. The van der Waals surface area contributed by atoms with Crippen molar-refractivity contribution in [2.24, 2.45) is 0 Å². The van der Waals surface area contributed by atoms with E-state index in [-0.39, 0.29) is 17.5 Å². The van der Waals surface area contributed by atoms with E-state index >= 15 is 0 Å². The van der Waals surface area contributed by atoms with Crippen LogP contribution in [0.1, 0.15) is 5.56 Å². The number of rotatable bonds is 8. The summed E-state index contributed by atoms with van der Waals surface area (Å²) in [6.45, 7) is 1.92. The van der Waals surface area contributed by atoms with Crippen LogP contribution in [0.5, 0.6) is 0 Å². The summed E-state index contributed by atoms with van der Waals surface area (Å²) in [5.41, 5.74) is 0.882. The van der Waals surface area contributed by atoms with Crippen LogP contribution in [0, 0.1) is 5.82 Å². The van der Waals surface area contributed by atoms with Crippen LogP contribution in [0.25, 0.3) is 0 Å². The molecule has 2 aromatic rings. The van der Waals surface area contributed by atoms with E-state index < -0.39 is 0 Å². The molecule has 1 aromatic carbocycles. The highest BCUT2D eigenvalue weighted by Crippen LogP contribution is 2.15. The van der Waals surface area contributed by atoms with Crippen LogP contribution < -0.4 is 0 Å². The van der Waals surface area contributed by atoms with Crippen molar-refractivity contribution in [1.82, 2.24) is 30.0 Å². The number of amides is 1. The van der Waals surface area contributed by atoms with Gasteiger partial charge in [-0.05, 0) is 42.2 Å². The molecule has 0 spiro atoms. The third-order valence-corrected chi connectivity index (χ3v) is 4.28.